The predicted molar refractivity (Wildman–Crippen MR) is 114 cm³/mol. The number of halogens is 1. The summed E-state index contributed by atoms with van der Waals surface area (Å²) in [5.74, 6) is 0.917. The van der Waals surface area contributed by atoms with E-state index in [9.17, 15) is 9.90 Å². The Bertz CT molecular complexity index is 1290. The Morgan fingerprint density at radius 1 is 1.17 bits per heavy atom. The van der Waals surface area contributed by atoms with E-state index in [4.69, 9.17) is 16.3 Å². The summed E-state index contributed by atoms with van der Waals surface area (Å²) in [6, 6.07) is 14.1. The van der Waals surface area contributed by atoms with Gasteiger partial charge in [0.05, 0.1) is 16.2 Å². The van der Waals surface area contributed by atoms with Gasteiger partial charge in [-0.25, -0.2) is 4.68 Å². The first-order valence-electron chi connectivity index (χ1n) is 9.64. The maximum atomic E-state index is 13.3. The molecule has 1 aliphatic carbocycles. The molecule has 1 N–H and O–H groups in total. The Morgan fingerprint density at radius 3 is 2.73 bits per heavy atom. The van der Waals surface area contributed by atoms with E-state index in [2.05, 4.69) is 10.1 Å². The van der Waals surface area contributed by atoms with Crippen LogP contribution in [0.2, 0.25) is 5.02 Å². The van der Waals surface area contributed by atoms with Crippen LogP contribution in [-0.2, 0) is 7.05 Å². The van der Waals surface area contributed by atoms with Crippen molar-refractivity contribution in [3.63, 3.8) is 0 Å². The molecule has 2 aromatic carbocycles. The van der Waals surface area contributed by atoms with Gasteiger partial charge in [0.1, 0.15) is 17.1 Å². The minimum absolute atomic E-state index is 0.110. The van der Waals surface area contributed by atoms with Crippen LogP contribution in [0.25, 0.3) is 10.9 Å². The lowest BCUT2D eigenvalue weighted by Gasteiger charge is -2.11. The quantitative estimate of drug-likeness (QED) is 0.448. The second-order valence-corrected chi connectivity index (χ2v) is 7.79. The topological polar surface area (TPSA) is 77.2 Å². The first kappa shape index (κ1) is 18.6. The minimum Gasteiger partial charge on any atom is -0.493 e. The first-order chi connectivity index (χ1) is 14.5. The molecule has 0 atom stereocenters. The highest BCUT2D eigenvalue weighted by atomic mass is 35.5. The van der Waals surface area contributed by atoms with Gasteiger partial charge in [-0.3, -0.25) is 9.78 Å². The SMILES string of the molecule is Cn1nc(C2CC2)c(C(=O)c2ccc3nccc(Oc4ccccc4Cl)c3c2)c1O. The lowest BCUT2D eigenvalue weighted by Crippen LogP contribution is -2.04. The summed E-state index contributed by atoms with van der Waals surface area (Å²) < 4.78 is 7.37. The van der Waals surface area contributed by atoms with Crippen LogP contribution in [0.3, 0.4) is 0 Å². The van der Waals surface area contributed by atoms with E-state index in [0.29, 0.717) is 38.7 Å². The number of hydrogen-bond acceptors (Lipinski definition) is 5. The van der Waals surface area contributed by atoms with E-state index in [1.165, 1.54) is 4.68 Å². The number of carbonyl (C=O) groups excluding carboxylic acids is 1. The zero-order valence-electron chi connectivity index (χ0n) is 16.2. The van der Waals surface area contributed by atoms with Gasteiger partial charge in [-0.15, -0.1) is 0 Å². The summed E-state index contributed by atoms with van der Waals surface area (Å²) in [5.41, 5.74) is 2.06. The number of carbonyl (C=O) groups is 1. The first-order valence-corrected chi connectivity index (χ1v) is 10.0. The van der Waals surface area contributed by atoms with E-state index >= 15 is 0 Å². The van der Waals surface area contributed by atoms with Crippen molar-refractivity contribution in [2.75, 3.05) is 0 Å². The number of fused-ring (bicyclic) bond motifs is 1. The molecule has 0 aliphatic heterocycles. The largest absolute Gasteiger partial charge is 0.493 e. The number of rotatable bonds is 5. The third-order valence-electron chi connectivity index (χ3n) is 5.26. The van der Waals surface area contributed by atoms with E-state index < -0.39 is 0 Å². The second-order valence-electron chi connectivity index (χ2n) is 7.38. The molecule has 150 valence electrons. The number of nitrogens with zero attached hydrogens (tertiary/aromatic N) is 3. The third-order valence-corrected chi connectivity index (χ3v) is 5.57. The van der Waals surface area contributed by atoms with E-state index in [1.807, 2.05) is 12.1 Å². The molecule has 2 heterocycles. The molecule has 1 saturated carbocycles. The summed E-state index contributed by atoms with van der Waals surface area (Å²) in [6.07, 6.45) is 3.61. The van der Waals surface area contributed by atoms with Crippen LogP contribution >= 0.6 is 11.6 Å². The molecular formula is C23H18ClN3O3. The number of ketones is 1. The number of aromatic nitrogens is 3. The van der Waals surface area contributed by atoms with Crippen molar-refractivity contribution in [2.24, 2.45) is 7.05 Å². The van der Waals surface area contributed by atoms with Crippen LogP contribution in [0, 0.1) is 0 Å². The van der Waals surface area contributed by atoms with Crippen molar-refractivity contribution in [2.45, 2.75) is 18.8 Å². The average Bonchev–Trinajstić information content (AvgIpc) is 3.55. The number of aromatic hydroxyl groups is 1. The lowest BCUT2D eigenvalue weighted by atomic mass is 9.99. The van der Waals surface area contributed by atoms with Crippen molar-refractivity contribution in [3.05, 3.63) is 76.6 Å². The van der Waals surface area contributed by atoms with E-state index in [0.717, 1.165) is 12.8 Å². The number of benzene rings is 2. The van der Waals surface area contributed by atoms with Crippen LogP contribution in [0.5, 0.6) is 17.4 Å². The van der Waals surface area contributed by atoms with Gasteiger partial charge in [0, 0.05) is 30.1 Å². The molecule has 6 nitrogen and oxygen atoms in total. The van der Waals surface area contributed by atoms with Gasteiger partial charge in [0.15, 0.2) is 5.78 Å². The van der Waals surface area contributed by atoms with Gasteiger partial charge in [-0.1, -0.05) is 23.7 Å². The van der Waals surface area contributed by atoms with Gasteiger partial charge >= 0.3 is 0 Å². The summed E-state index contributed by atoms with van der Waals surface area (Å²) in [5, 5.41) is 16.0. The van der Waals surface area contributed by atoms with Gasteiger partial charge in [0.2, 0.25) is 5.88 Å². The maximum absolute atomic E-state index is 13.3. The summed E-state index contributed by atoms with van der Waals surface area (Å²) in [4.78, 5) is 17.7. The van der Waals surface area contributed by atoms with Crippen molar-refractivity contribution in [1.29, 1.82) is 0 Å². The van der Waals surface area contributed by atoms with Crippen LogP contribution < -0.4 is 4.74 Å². The van der Waals surface area contributed by atoms with E-state index in [1.54, 1.807) is 49.6 Å². The highest BCUT2D eigenvalue weighted by Gasteiger charge is 2.34. The minimum atomic E-state index is -0.267. The Labute approximate surface area is 177 Å². The fourth-order valence-electron chi connectivity index (χ4n) is 3.54. The maximum Gasteiger partial charge on any atom is 0.220 e. The standard InChI is InChI=1S/C23H18ClN3O3/c1-27-23(29)20(21(26-27)13-6-7-13)22(28)14-8-9-17-15(12-14)18(10-11-25-17)30-19-5-3-2-4-16(19)24/h2-5,8-13,29H,6-7H2,1H3. The Kier molecular flexibility index (Phi) is 4.44. The molecule has 1 fully saturated rings. The third kappa shape index (κ3) is 3.19. The zero-order valence-corrected chi connectivity index (χ0v) is 16.9. The van der Waals surface area contributed by atoms with Gasteiger partial charge in [0.25, 0.3) is 0 Å². The van der Waals surface area contributed by atoms with Gasteiger partial charge < -0.3 is 9.84 Å². The highest BCUT2D eigenvalue weighted by Crippen LogP contribution is 2.43. The van der Waals surface area contributed by atoms with Crippen molar-refractivity contribution in [3.8, 4) is 17.4 Å². The van der Waals surface area contributed by atoms with Crippen LogP contribution in [-0.4, -0.2) is 25.7 Å². The second kappa shape index (κ2) is 7.15. The molecule has 0 unspecified atom stereocenters. The smallest absolute Gasteiger partial charge is 0.220 e. The molecular weight excluding hydrogens is 402 g/mol. The normalized spacial score (nSPS) is 13.5. The molecule has 0 amide bonds. The predicted octanol–water partition coefficient (Wildman–Crippen LogP) is 5.23. The van der Waals surface area contributed by atoms with Crippen LogP contribution in [0.15, 0.2) is 54.7 Å². The molecule has 7 heteroatoms. The highest BCUT2D eigenvalue weighted by molar-refractivity contribution is 6.32. The number of ether oxygens (including phenoxy) is 1. The summed E-state index contributed by atoms with van der Waals surface area (Å²) >= 11 is 6.23. The molecule has 0 spiro atoms. The summed E-state index contributed by atoms with van der Waals surface area (Å²) in [6.45, 7) is 0. The summed E-state index contributed by atoms with van der Waals surface area (Å²) in [7, 11) is 1.64. The molecule has 4 aromatic rings. The number of aryl methyl sites for hydroxylation is 1. The van der Waals surface area contributed by atoms with Crippen molar-refractivity contribution in [1.82, 2.24) is 14.8 Å². The fourth-order valence-corrected chi connectivity index (χ4v) is 3.71. The van der Waals surface area contributed by atoms with Crippen molar-refractivity contribution < 1.29 is 14.6 Å². The lowest BCUT2D eigenvalue weighted by molar-refractivity contribution is 0.103. The zero-order chi connectivity index (χ0) is 20.8. The molecule has 0 bridgehead atoms. The molecule has 1 aliphatic rings. The van der Waals surface area contributed by atoms with E-state index in [-0.39, 0.29) is 23.1 Å². The van der Waals surface area contributed by atoms with Gasteiger partial charge in [-0.2, -0.15) is 5.10 Å². The van der Waals surface area contributed by atoms with Gasteiger partial charge in [-0.05, 0) is 49.2 Å². The Balaban J connectivity index is 1.58. The Hall–Kier alpha value is -3.38. The Morgan fingerprint density at radius 2 is 1.97 bits per heavy atom. The molecule has 2 aromatic heterocycles. The van der Waals surface area contributed by atoms with Crippen LogP contribution in [0.4, 0.5) is 0 Å². The average molecular weight is 420 g/mol. The molecule has 5 rings (SSSR count). The molecule has 0 radical (unpaired) electrons. The number of para-hydroxylation sites is 1. The number of pyridine rings is 1. The fraction of sp³-hybridized carbons (Fsp3) is 0.174. The number of hydrogen-bond donors (Lipinski definition) is 1. The van der Waals surface area contributed by atoms with Crippen molar-refractivity contribution >= 4 is 28.3 Å². The molecule has 0 saturated heterocycles. The van der Waals surface area contributed by atoms with Crippen LogP contribution in [0.1, 0.15) is 40.4 Å². The monoisotopic (exact) mass is 419 g/mol. The molecule has 30 heavy (non-hydrogen) atoms.